The summed E-state index contributed by atoms with van der Waals surface area (Å²) in [5.41, 5.74) is 3.10. The molecule has 0 unspecified atom stereocenters. The first-order valence-corrected chi connectivity index (χ1v) is 13.5. The number of ether oxygens (including phenoxy) is 1. The van der Waals surface area contributed by atoms with Gasteiger partial charge < -0.3 is 10.1 Å². The fourth-order valence-electron chi connectivity index (χ4n) is 5.73. The molecule has 2 aromatic carbocycles. The number of unbranched alkanes of at least 4 members (excludes halogenated alkanes) is 6. The summed E-state index contributed by atoms with van der Waals surface area (Å²) in [6.07, 6.45) is 13.2. The van der Waals surface area contributed by atoms with Crippen molar-refractivity contribution in [1.82, 2.24) is 5.32 Å². The van der Waals surface area contributed by atoms with Gasteiger partial charge in [0.2, 0.25) is 0 Å². The number of rotatable bonds is 13. The first-order valence-electron chi connectivity index (χ1n) is 13.5. The molecule has 1 N–H and O–H groups in total. The van der Waals surface area contributed by atoms with E-state index in [2.05, 4.69) is 86.8 Å². The molecule has 0 saturated carbocycles. The second-order valence-corrected chi connectivity index (χ2v) is 10.9. The maximum absolute atomic E-state index is 6.04. The van der Waals surface area contributed by atoms with E-state index in [1.54, 1.807) is 0 Å². The zero-order chi connectivity index (χ0) is 23.4. The lowest BCUT2D eigenvalue weighted by molar-refractivity contribution is 0.0307. The third-order valence-electron chi connectivity index (χ3n) is 7.65. The summed E-state index contributed by atoms with van der Waals surface area (Å²) in [6.45, 7) is 10.4. The molecule has 0 bridgehead atoms. The Morgan fingerprint density at radius 3 is 1.70 bits per heavy atom. The molecule has 3 rings (SSSR count). The molecule has 0 spiro atoms. The minimum atomic E-state index is 0.0432. The molecular formula is C31H47NO. The van der Waals surface area contributed by atoms with Crippen molar-refractivity contribution < 1.29 is 4.74 Å². The third-order valence-corrected chi connectivity index (χ3v) is 7.65. The van der Waals surface area contributed by atoms with E-state index in [1.807, 2.05) is 0 Å². The molecule has 182 valence electrons. The second kappa shape index (κ2) is 13.3. The van der Waals surface area contributed by atoms with Crippen LogP contribution in [-0.4, -0.2) is 25.8 Å². The summed E-state index contributed by atoms with van der Waals surface area (Å²) in [6, 6.07) is 22.4. The molecule has 1 aliphatic heterocycles. The van der Waals surface area contributed by atoms with Gasteiger partial charge in [-0.3, -0.25) is 0 Å². The highest BCUT2D eigenvalue weighted by atomic mass is 16.5. The van der Waals surface area contributed by atoms with Gasteiger partial charge in [0.25, 0.3) is 0 Å². The van der Waals surface area contributed by atoms with Gasteiger partial charge in [0.05, 0.1) is 6.10 Å². The van der Waals surface area contributed by atoms with Crippen molar-refractivity contribution >= 4 is 0 Å². The van der Waals surface area contributed by atoms with Crippen LogP contribution in [0.1, 0.15) is 96.1 Å². The molecule has 0 amide bonds. The summed E-state index contributed by atoms with van der Waals surface area (Å²) < 4.78 is 6.04. The molecule has 33 heavy (non-hydrogen) atoms. The zero-order valence-electron chi connectivity index (χ0n) is 21.5. The van der Waals surface area contributed by atoms with Gasteiger partial charge in [-0.25, -0.2) is 0 Å². The maximum atomic E-state index is 6.04. The van der Waals surface area contributed by atoms with Crippen molar-refractivity contribution in [3.05, 3.63) is 71.8 Å². The van der Waals surface area contributed by atoms with Gasteiger partial charge in [-0.05, 0) is 55.3 Å². The summed E-state index contributed by atoms with van der Waals surface area (Å²) >= 11 is 0. The molecule has 2 nitrogen and oxygen atoms in total. The van der Waals surface area contributed by atoms with Crippen LogP contribution in [0.4, 0.5) is 0 Å². The van der Waals surface area contributed by atoms with Crippen LogP contribution in [0.2, 0.25) is 0 Å². The number of nitrogens with one attached hydrogen (secondary N) is 1. The van der Waals surface area contributed by atoms with Gasteiger partial charge in [-0.2, -0.15) is 0 Å². The largest absolute Gasteiger partial charge is 0.378 e. The standard InChI is InChI=1S/C31H47NO/c1-30(2,3)31(27-17-11-9-12-18-27,28-19-13-10-14-20-28)23-15-7-5-4-6-8-16-26-33-29-21-24-32-25-22-29/h9-14,17-20,29,32H,4-8,15-16,21-26H2,1-3H3. The normalized spacial score (nSPS) is 15.6. The lowest BCUT2D eigenvalue weighted by Gasteiger charge is -2.46. The van der Waals surface area contributed by atoms with E-state index in [4.69, 9.17) is 4.74 Å². The molecule has 0 atom stereocenters. The SMILES string of the molecule is CC(C)(C)C(CCCCCCCCCOC1CCNCC1)(c1ccccc1)c1ccccc1. The number of piperidine rings is 1. The van der Waals surface area contributed by atoms with Crippen LogP contribution in [0, 0.1) is 5.41 Å². The highest BCUT2D eigenvalue weighted by molar-refractivity contribution is 5.41. The van der Waals surface area contributed by atoms with Crippen molar-refractivity contribution in [2.24, 2.45) is 5.41 Å². The Bertz CT molecular complexity index is 719. The monoisotopic (exact) mass is 449 g/mol. The van der Waals surface area contributed by atoms with E-state index >= 15 is 0 Å². The summed E-state index contributed by atoms with van der Waals surface area (Å²) in [7, 11) is 0. The van der Waals surface area contributed by atoms with Crippen LogP contribution in [0.3, 0.4) is 0 Å². The summed E-state index contributed by atoms with van der Waals surface area (Å²) in [5, 5.41) is 3.41. The van der Waals surface area contributed by atoms with Crippen LogP contribution in [0.5, 0.6) is 0 Å². The molecular weight excluding hydrogens is 402 g/mol. The van der Waals surface area contributed by atoms with Gasteiger partial charge in [-0.1, -0.05) is 120 Å². The van der Waals surface area contributed by atoms with Crippen molar-refractivity contribution in [3.63, 3.8) is 0 Å². The predicted molar refractivity (Wildman–Crippen MR) is 142 cm³/mol. The average molecular weight is 450 g/mol. The number of benzene rings is 2. The number of hydrogen-bond donors (Lipinski definition) is 1. The van der Waals surface area contributed by atoms with Gasteiger partial charge in [0.15, 0.2) is 0 Å². The van der Waals surface area contributed by atoms with Crippen LogP contribution in [-0.2, 0) is 10.2 Å². The van der Waals surface area contributed by atoms with Gasteiger partial charge in [-0.15, -0.1) is 0 Å². The van der Waals surface area contributed by atoms with Gasteiger partial charge in [0.1, 0.15) is 0 Å². The Hall–Kier alpha value is -1.64. The zero-order valence-corrected chi connectivity index (χ0v) is 21.5. The van der Waals surface area contributed by atoms with E-state index in [0.29, 0.717) is 6.10 Å². The Morgan fingerprint density at radius 2 is 1.18 bits per heavy atom. The van der Waals surface area contributed by atoms with Crippen molar-refractivity contribution in [3.8, 4) is 0 Å². The van der Waals surface area contributed by atoms with E-state index in [0.717, 1.165) is 19.7 Å². The van der Waals surface area contributed by atoms with Crippen LogP contribution in [0.15, 0.2) is 60.7 Å². The molecule has 2 aromatic rings. The third kappa shape index (κ3) is 7.42. The van der Waals surface area contributed by atoms with Crippen LogP contribution in [0.25, 0.3) is 0 Å². The average Bonchev–Trinajstić information content (AvgIpc) is 2.84. The van der Waals surface area contributed by atoms with Crippen LogP contribution < -0.4 is 5.32 Å². The molecule has 1 aliphatic rings. The van der Waals surface area contributed by atoms with E-state index in [1.165, 1.54) is 75.3 Å². The first-order chi connectivity index (χ1) is 16.0. The minimum absolute atomic E-state index is 0.0432. The lowest BCUT2D eigenvalue weighted by Crippen LogP contribution is -2.41. The molecule has 1 saturated heterocycles. The molecule has 1 heterocycles. The summed E-state index contributed by atoms with van der Waals surface area (Å²) in [4.78, 5) is 0. The highest BCUT2D eigenvalue weighted by Crippen LogP contribution is 2.50. The second-order valence-electron chi connectivity index (χ2n) is 10.9. The van der Waals surface area contributed by atoms with Crippen molar-refractivity contribution in [2.45, 2.75) is 96.5 Å². The fraction of sp³-hybridized carbons (Fsp3) is 0.613. The minimum Gasteiger partial charge on any atom is -0.378 e. The number of hydrogen-bond acceptors (Lipinski definition) is 2. The molecule has 1 fully saturated rings. The van der Waals surface area contributed by atoms with Crippen molar-refractivity contribution in [2.75, 3.05) is 19.7 Å². The molecule has 0 radical (unpaired) electrons. The Morgan fingerprint density at radius 1 is 0.697 bits per heavy atom. The van der Waals surface area contributed by atoms with Gasteiger partial charge >= 0.3 is 0 Å². The quantitative estimate of drug-likeness (QED) is 0.314. The summed E-state index contributed by atoms with van der Waals surface area (Å²) in [5.74, 6) is 0. The Labute approximate surface area is 203 Å². The predicted octanol–water partition coefficient (Wildman–Crippen LogP) is 7.91. The highest BCUT2D eigenvalue weighted by Gasteiger charge is 2.44. The topological polar surface area (TPSA) is 21.3 Å². The van der Waals surface area contributed by atoms with Crippen LogP contribution >= 0.6 is 0 Å². The first kappa shape index (κ1) is 26.0. The van der Waals surface area contributed by atoms with E-state index in [9.17, 15) is 0 Å². The fourth-order valence-corrected chi connectivity index (χ4v) is 5.73. The van der Waals surface area contributed by atoms with Crippen molar-refractivity contribution in [1.29, 1.82) is 0 Å². The lowest BCUT2D eigenvalue weighted by atomic mass is 9.57. The Balaban J connectivity index is 1.44. The molecule has 0 aliphatic carbocycles. The maximum Gasteiger partial charge on any atom is 0.0599 e. The van der Waals surface area contributed by atoms with E-state index in [-0.39, 0.29) is 10.8 Å². The van der Waals surface area contributed by atoms with Gasteiger partial charge in [0, 0.05) is 12.0 Å². The molecule has 2 heteroatoms. The Kier molecular flexibility index (Phi) is 10.5. The van der Waals surface area contributed by atoms with E-state index < -0.39 is 0 Å². The smallest absolute Gasteiger partial charge is 0.0599 e. The molecule has 0 aromatic heterocycles.